The lowest BCUT2D eigenvalue weighted by Gasteiger charge is -2.03. The first-order valence-electron chi connectivity index (χ1n) is 5.00. The Kier molecular flexibility index (Phi) is 3.20. The minimum Gasteiger partial charge on any atom is -0.439 e. The summed E-state index contributed by atoms with van der Waals surface area (Å²) in [5, 5.41) is 0. The van der Waals surface area contributed by atoms with Gasteiger partial charge in [-0.15, -0.1) is 5.92 Å². The van der Waals surface area contributed by atoms with Gasteiger partial charge in [0, 0.05) is 17.8 Å². The van der Waals surface area contributed by atoms with E-state index in [2.05, 4.69) is 16.8 Å². The van der Waals surface area contributed by atoms with Crippen molar-refractivity contribution in [1.29, 1.82) is 0 Å². The molecule has 78 valence electrons. The molecule has 2 nitrogen and oxygen atoms in total. The minimum absolute atomic E-state index is 0.587. The van der Waals surface area contributed by atoms with Crippen molar-refractivity contribution in [3.63, 3.8) is 0 Å². The van der Waals surface area contributed by atoms with Gasteiger partial charge in [-0.05, 0) is 31.2 Å². The number of hydrogen-bond donors (Lipinski definition) is 0. The summed E-state index contributed by atoms with van der Waals surface area (Å²) in [7, 11) is 0. The van der Waals surface area contributed by atoms with Crippen LogP contribution >= 0.6 is 0 Å². The van der Waals surface area contributed by atoms with Gasteiger partial charge >= 0.3 is 0 Å². The Labute approximate surface area is 94.9 Å². The van der Waals surface area contributed by atoms with E-state index in [1.54, 1.807) is 6.20 Å². The third kappa shape index (κ3) is 2.61. The van der Waals surface area contributed by atoms with Crippen LogP contribution in [0.25, 0.3) is 0 Å². The molecule has 16 heavy (non-hydrogen) atoms. The maximum absolute atomic E-state index is 5.59. The fourth-order valence-corrected chi connectivity index (χ4v) is 1.31. The highest BCUT2D eigenvalue weighted by molar-refractivity contribution is 5.40. The molecular weight excluding hydrogens is 198 g/mol. The first-order chi connectivity index (χ1) is 7.88. The average molecular weight is 209 g/mol. The van der Waals surface area contributed by atoms with E-state index in [0.29, 0.717) is 5.88 Å². The Morgan fingerprint density at radius 1 is 1.12 bits per heavy atom. The van der Waals surface area contributed by atoms with E-state index in [9.17, 15) is 0 Å². The Bertz CT molecular complexity index is 523. The minimum atomic E-state index is 0.587. The molecule has 0 saturated heterocycles. The van der Waals surface area contributed by atoms with E-state index in [0.717, 1.165) is 11.3 Å². The van der Waals surface area contributed by atoms with E-state index >= 15 is 0 Å². The number of pyridine rings is 1. The van der Waals surface area contributed by atoms with Crippen LogP contribution in [0.5, 0.6) is 11.6 Å². The molecular formula is C14H11NO. The third-order valence-electron chi connectivity index (χ3n) is 1.96. The summed E-state index contributed by atoms with van der Waals surface area (Å²) in [5.74, 6) is 7.17. The third-order valence-corrected chi connectivity index (χ3v) is 1.96. The SMILES string of the molecule is CC#Cc1cccc(Oc2ccccn2)c1. The number of nitrogens with zero attached hydrogens (tertiary/aromatic N) is 1. The van der Waals surface area contributed by atoms with E-state index in [-0.39, 0.29) is 0 Å². The highest BCUT2D eigenvalue weighted by Crippen LogP contribution is 2.19. The van der Waals surface area contributed by atoms with Crippen molar-refractivity contribution in [2.75, 3.05) is 0 Å². The maximum Gasteiger partial charge on any atom is 0.219 e. The fraction of sp³-hybridized carbons (Fsp3) is 0.0714. The Morgan fingerprint density at radius 3 is 2.81 bits per heavy atom. The molecule has 0 aliphatic heterocycles. The quantitative estimate of drug-likeness (QED) is 0.708. The number of ether oxygens (including phenoxy) is 1. The van der Waals surface area contributed by atoms with E-state index < -0.39 is 0 Å². The van der Waals surface area contributed by atoms with E-state index in [1.165, 1.54) is 0 Å². The maximum atomic E-state index is 5.59. The molecule has 0 unspecified atom stereocenters. The second kappa shape index (κ2) is 4.99. The van der Waals surface area contributed by atoms with Crippen LogP contribution in [0, 0.1) is 11.8 Å². The van der Waals surface area contributed by atoms with Crippen LogP contribution in [-0.2, 0) is 0 Å². The zero-order valence-electron chi connectivity index (χ0n) is 8.97. The number of rotatable bonds is 2. The summed E-state index contributed by atoms with van der Waals surface area (Å²) < 4.78 is 5.59. The molecule has 2 aromatic rings. The Morgan fingerprint density at radius 2 is 2.06 bits per heavy atom. The summed E-state index contributed by atoms with van der Waals surface area (Å²) in [6.45, 7) is 1.81. The number of hydrogen-bond acceptors (Lipinski definition) is 2. The first kappa shape index (κ1) is 10.3. The van der Waals surface area contributed by atoms with E-state index in [4.69, 9.17) is 4.74 Å². The number of benzene rings is 1. The Hall–Kier alpha value is -2.27. The molecule has 0 saturated carbocycles. The molecule has 0 aliphatic rings. The van der Waals surface area contributed by atoms with Gasteiger partial charge in [-0.2, -0.15) is 0 Å². The van der Waals surface area contributed by atoms with Gasteiger partial charge in [0.2, 0.25) is 5.88 Å². The van der Waals surface area contributed by atoms with Crippen molar-refractivity contribution in [1.82, 2.24) is 4.98 Å². The van der Waals surface area contributed by atoms with E-state index in [1.807, 2.05) is 49.4 Å². The van der Waals surface area contributed by atoms with Gasteiger partial charge in [0.15, 0.2) is 0 Å². The van der Waals surface area contributed by atoms with Gasteiger partial charge in [-0.1, -0.05) is 18.1 Å². The summed E-state index contributed by atoms with van der Waals surface area (Å²) in [4.78, 5) is 4.09. The normalized spacial score (nSPS) is 9.06. The summed E-state index contributed by atoms with van der Waals surface area (Å²) in [6, 6.07) is 13.2. The zero-order valence-corrected chi connectivity index (χ0v) is 8.97. The van der Waals surface area contributed by atoms with Crippen molar-refractivity contribution in [2.45, 2.75) is 6.92 Å². The Balaban J connectivity index is 2.21. The highest BCUT2D eigenvalue weighted by atomic mass is 16.5. The van der Waals surface area contributed by atoms with Gasteiger partial charge < -0.3 is 4.74 Å². The smallest absolute Gasteiger partial charge is 0.219 e. The van der Waals surface area contributed by atoms with Crippen LogP contribution in [-0.4, -0.2) is 4.98 Å². The molecule has 0 radical (unpaired) electrons. The van der Waals surface area contributed by atoms with Crippen molar-refractivity contribution < 1.29 is 4.74 Å². The fourth-order valence-electron chi connectivity index (χ4n) is 1.31. The summed E-state index contributed by atoms with van der Waals surface area (Å²) in [6.07, 6.45) is 1.70. The topological polar surface area (TPSA) is 22.1 Å². The summed E-state index contributed by atoms with van der Waals surface area (Å²) >= 11 is 0. The molecule has 0 aliphatic carbocycles. The van der Waals surface area contributed by atoms with Crippen molar-refractivity contribution in [3.05, 3.63) is 54.2 Å². The summed E-state index contributed by atoms with van der Waals surface area (Å²) in [5.41, 5.74) is 0.941. The molecule has 2 rings (SSSR count). The molecule has 0 amide bonds. The predicted octanol–water partition coefficient (Wildman–Crippen LogP) is 3.25. The predicted molar refractivity (Wildman–Crippen MR) is 63.3 cm³/mol. The molecule has 0 spiro atoms. The van der Waals surface area contributed by atoms with Gasteiger partial charge in [0.1, 0.15) is 5.75 Å². The second-order valence-electron chi connectivity index (χ2n) is 3.17. The van der Waals surface area contributed by atoms with Crippen LogP contribution in [0.2, 0.25) is 0 Å². The highest BCUT2D eigenvalue weighted by Gasteiger charge is 1.97. The first-order valence-corrected chi connectivity index (χ1v) is 5.00. The number of aromatic nitrogens is 1. The van der Waals surface area contributed by atoms with Gasteiger partial charge in [0.25, 0.3) is 0 Å². The molecule has 0 N–H and O–H groups in total. The molecule has 0 atom stereocenters. The van der Waals surface area contributed by atoms with Gasteiger partial charge in [-0.3, -0.25) is 0 Å². The molecule has 1 heterocycles. The molecule has 1 aromatic carbocycles. The molecule has 2 heteroatoms. The van der Waals surface area contributed by atoms with Crippen LogP contribution in [0.15, 0.2) is 48.7 Å². The lowest BCUT2D eigenvalue weighted by atomic mass is 10.2. The van der Waals surface area contributed by atoms with Gasteiger partial charge in [-0.25, -0.2) is 4.98 Å². The second-order valence-corrected chi connectivity index (χ2v) is 3.17. The average Bonchev–Trinajstić information content (AvgIpc) is 2.31. The van der Waals surface area contributed by atoms with Crippen LogP contribution < -0.4 is 4.74 Å². The monoisotopic (exact) mass is 209 g/mol. The van der Waals surface area contributed by atoms with Crippen LogP contribution in [0.3, 0.4) is 0 Å². The lowest BCUT2D eigenvalue weighted by molar-refractivity contribution is 0.463. The van der Waals surface area contributed by atoms with Gasteiger partial charge in [0.05, 0.1) is 0 Å². The molecule has 0 fully saturated rings. The van der Waals surface area contributed by atoms with Crippen molar-refractivity contribution in [2.24, 2.45) is 0 Å². The molecule has 0 bridgehead atoms. The largest absolute Gasteiger partial charge is 0.439 e. The van der Waals surface area contributed by atoms with Crippen LogP contribution in [0.4, 0.5) is 0 Å². The molecule has 1 aromatic heterocycles. The zero-order chi connectivity index (χ0) is 11.2. The van der Waals surface area contributed by atoms with Crippen LogP contribution in [0.1, 0.15) is 12.5 Å². The van der Waals surface area contributed by atoms with Crippen molar-refractivity contribution in [3.8, 4) is 23.5 Å². The lowest BCUT2D eigenvalue weighted by Crippen LogP contribution is -1.87. The standard InChI is InChI=1S/C14H11NO/c1-2-6-12-7-5-8-13(11-12)16-14-9-3-4-10-15-14/h3-5,7-11H,1H3. The van der Waals surface area contributed by atoms with Crippen molar-refractivity contribution >= 4 is 0 Å².